The van der Waals surface area contributed by atoms with Crippen molar-refractivity contribution in [3.8, 4) is 0 Å². The second-order valence-corrected chi connectivity index (χ2v) is 7.76. The minimum atomic E-state index is -0.690. The highest BCUT2D eigenvalue weighted by molar-refractivity contribution is 5.10. The number of ether oxygens (including phenoxy) is 6. The molecule has 0 N–H and O–H groups in total. The van der Waals surface area contributed by atoms with Crippen LogP contribution in [0.15, 0.2) is 0 Å². The van der Waals surface area contributed by atoms with Crippen molar-refractivity contribution in [2.24, 2.45) is 0 Å². The minimum Gasteiger partial charge on any atom is -0.378 e. The highest BCUT2D eigenvalue weighted by Gasteiger charge is 2.67. The summed E-state index contributed by atoms with van der Waals surface area (Å²) in [4.78, 5) is 0. The molecule has 128 valence electrons. The summed E-state index contributed by atoms with van der Waals surface area (Å²) >= 11 is 0. The molecular formula is C16H28O6. The third-order valence-electron chi connectivity index (χ3n) is 4.34. The molecule has 1 spiro atoms. The van der Waals surface area contributed by atoms with Crippen molar-refractivity contribution < 1.29 is 28.4 Å². The van der Waals surface area contributed by atoms with E-state index in [2.05, 4.69) is 0 Å². The summed E-state index contributed by atoms with van der Waals surface area (Å²) in [6.45, 7) is 11.1. The number of fused-ring (bicyclic) bond motifs is 2. The molecule has 0 saturated carbocycles. The predicted molar refractivity (Wildman–Crippen MR) is 78.5 cm³/mol. The van der Waals surface area contributed by atoms with Crippen molar-refractivity contribution >= 4 is 0 Å². The molecule has 3 aliphatic rings. The van der Waals surface area contributed by atoms with Crippen molar-refractivity contribution in [1.82, 2.24) is 0 Å². The zero-order valence-corrected chi connectivity index (χ0v) is 14.4. The van der Waals surface area contributed by atoms with Crippen LogP contribution in [0.3, 0.4) is 0 Å². The van der Waals surface area contributed by atoms with E-state index in [9.17, 15) is 0 Å². The van der Waals surface area contributed by atoms with Gasteiger partial charge in [-0.3, -0.25) is 0 Å². The Hall–Kier alpha value is -0.240. The first-order valence-corrected chi connectivity index (χ1v) is 7.99. The molecule has 22 heavy (non-hydrogen) atoms. The summed E-state index contributed by atoms with van der Waals surface area (Å²) in [6, 6.07) is 0. The van der Waals surface area contributed by atoms with Gasteiger partial charge in [-0.1, -0.05) is 0 Å². The van der Waals surface area contributed by atoms with Gasteiger partial charge in [0.2, 0.25) is 0 Å². The molecule has 0 aromatic heterocycles. The minimum absolute atomic E-state index is 0.119. The predicted octanol–water partition coefficient (Wildman–Crippen LogP) is 1.85. The molecule has 3 rings (SSSR count). The van der Waals surface area contributed by atoms with Crippen molar-refractivity contribution in [2.45, 2.75) is 82.6 Å². The summed E-state index contributed by atoms with van der Waals surface area (Å²) in [5.74, 6) is -0.660. The maximum absolute atomic E-state index is 6.29. The zero-order chi connectivity index (χ0) is 16.2. The van der Waals surface area contributed by atoms with Gasteiger partial charge in [0.05, 0.1) is 18.3 Å². The first-order valence-electron chi connectivity index (χ1n) is 7.99. The van der Waals surface area contributed by atoms with Gasteiger partial charge < -0.3 is 28.4 Å². The van der Waals surface area contributed by atoms with E-state index in [1.807, 2.05) is 34.6 Å². The average molecular weight is 316 g/mol. The van der Waals surface area contributed by atoms with Crippen LogP contribution in [0, 0.1) is 0 Å². The van der Waals surface area contributed by atoms with E-state index in [-0.39, 0.29) is 23.9 Å². The average Bonchev–Trinajstić information content (AvgIpc) is 2.84. The number of methoxy groups -OCH3 is 1. The number of rotatable bonds is 2. The van der Waals surface area contributed by atoms with Gasteiger partial charge in [0.25, 0.3) is 0 Å². The molecule has 0 radical (unpaired) electrons. The molecule has 3 saturated heterocycles. The van der Waals surface area contributed by atoms with E-state index in [1.54, 1.807) is 7.11 Å². The molecule has 0 bridgehead atoms. The summed E-state index contributed by atoms with van der Waals surface area (Å²) < 4.78 is 35.9. The molecule has 6 nitrogen and oxygen atoms in total. The molecule has 5 atom stereocenters. The van der Waals surface area contributed by atoms with E-state index >= 15 is 0 Å². The fraction of sp³-hybridized carbons (Fsp3) is 1.00. The highest BCUT2D eigenvalue weighted by atomic mass is 16.8. The van der Waals surface area contributed by atoms with Gasteiger partial charge in [0.15, 0.2) is 12.1 Å². The lowest BCUT2D eigenvalue weighted by atomic mass is 9.86. The van der Waals surface area contributed by atoms with Gasteiger partial charge in [-0.25, -0.2) is 0 Å². The van der Waals surface area contributed by atoms with Gasteiger partial charge in [0, 0.05) is 13.7 Å². The third-order valence-corrected chi connectivity index (χ3v) is 4.34. The fourth-order valence-electron chi connectivity index (χ4n) is 3.62. The van der Waals surface area contributed by atoms with Crippen LogP contribution < -0.4 is 0 Å². The molecule has 3 heterocycles. The second-order valence-electron chi connectivity index (χ2n) is 7.76. The summed E-state index contributed by atoms with van der Waals surface area (Å²) in [7, 11) is 1.62. The lowest BCUT2D eigenvalue weighted by molar-refractivity contribution is -0.300. The molecule has 0 aliphatic carbocycles. The highest BCUT2D eigenvalue weighted by Crippen LogP contribution is 2.48. The van der Waals surface area contributed by atoms with Crippen molar-refractivity contribution in [3.05, 3.63) is 0 Å². The van der Waals surface area contributed by atoms with E-state index in [0.29, 0.717) is 13.2 Å². The molecule has 0 amide bonds. The second kappa shape index (κ2) is 5.40. The Balaban J connectivity index is 1.91. The molecule has 3 fully saturated rings. The number of hydrogen-bond donors (Lipinski definition) is 0. The van der Waals surface area contributed by atoms with E-state index in [0.717, 1.165) is 6.42 Å². The van der Waals surface area contributed by atoms with Gasteiger partial charge in [0.1, 0.15) is 17.8 Å². The lowest BCUT2D eigenvalue weighted by Crippen LogP contribution is -2.60. The fourth-order valence-corrected chi connectivity index (χ4v) is 3.62. The molecule has 3 aliphatic heterocycles. The van der Waals surface area contributed by atoms with Crippen LogP contribution in [0.1, 0.15) is 41.0 Å². The smallest absolute Gasteiger partial charge is 0.187 e. The Labute approximate surface area is 132 Å². The first-order chi connectivity index (χ1) is 10.2. The standard InChI is InChI=1S/C16H28O6/c1-14(2,3)19-10-7-8-18-9-16(10)12-11(13(17-6)22-16)20-15(4,5)21-12/h10-13H,7-9H2,1-6H3/t10?,11?,12?,13?,16-/m0/s1. The van der Waals surface area contributed by atoms with Crippen LogP contribution in [-0.4, -0.2) is 61.9 Å². The molecule has 6 heteroatoms. The van der Waals surface area contributed by atoms with Crippen molar-refractivity contribution in [3.63, 3.8) is 0 Å². The quantitative estimate of drug-likeness (QED) is 0.775. The molecule has 4 unspecified atom stereocenters. The number of hydrogen-bond acceptors (Lipinski definition) is 6. The van der Waals surface area contributed by atoms with Crippen LogP contribution in [0.4, 0.5) is 0 Å². The Morgan fingerprint density at radius 3 is 2.45 bits per heavy atom. The molecule has 0 aromatic carbocycles. The first kappa shape index (κ1) is 16.6. The van der Waals surface area contributed by atoms with Crippen LogP contribution in [0.25, 0.3) is 0 Å². The van der Waals surface area contributed by atoms with E-state index in [4.69, 9.17) is 28.4 Å². The normalized spacial score (nSPS) is 44.5. The Morgan fingerprint density at radius 2 is 1.82 bits per heavy atom. The topological polar surface area (TPSA) is 55.4 Å². The molecule has 0 aromatic rings. The van der Waals surface area contributed by atoms with Crippen LogP contribution in [0.5, 0.6) is 0 Å². The monoisotopic (exact) mass is 316 g/mol. The van der Waals surface area contributed by atoms with Gasteiger partial charge >= 0.3 is 0 Å². The van der Waals surface area contributed by atoms with Crippen LogP contribution in [-0.2, 0) is 28.4 Å². The molecular weight excluding hydrogens is 288 g/mol. The van der Waals surface area contributed by atoms with Gasteiger partial charge in [-0.15, -0.1) is 0 Å². The maximum atomic E-state index is 6.29. The third kappa shape index (κ3) is 2.81. The largest absolute Gasteiger partial charge is 0.378 e. The van der Waals surface area contributed by atoms with Crippen molar-refractivity contribution in [2.75, 3.05) is 20.3 Å². The van der Waals surface area contributed by atoms with Crippen molar-refractivity contribution in [1.29, 1.82) is 0 Å². The van der Waals surface area contributed by atoms with Gasteiger partial charge in [-0.2, -0.15) is 0 Å². The summed E-state index contributed by atoms with van der Waals surface area (Å²) in [5.41, 5.74) is -0.960. The maximum Gasteiger partial charge on any atom is 0.187 e. The van der Waals surface area contributed by atoms with Crippen LogP contribution in [0.2, 0.25) is 0 Å². The zero-order valence-electron chi connectivity index (χ0n) is 14.4. The lowest BCUT2D eigenvalue weighted by Gasteiger charge is -2.45. The summed E-state index contributed by atoms with van der Waals surface area (Å²) in [5, 5.41) is 0. The summed E-state index contributed by atoms with van der Waals surface area (Å²) in [6.07, 6.45) is -0.362. The Morgan fingerprint density at radius 1 is 1.09 bits per heavy atom. The van der Waals surface area contributed by atoms with E-state index in [1.165, 1.54) is 0 Å². The SMILES string of the molecule is COC1O[C@]2(COCCC2OC(C)(C)C)C2OC(C)(C)OC12. The Bertz CT molecular complexity index is 417. The Kier molecular flexibility index (Phi) is 4.07. The van der Waals surface area contributed by atoms with E-state index < -0.39 is 17.7 Å². The van der Waals surface area contributed by atoms with Gasteiger partial charge in [-0.05, 0) is 41.0 Å². The van der Waals surface area contributed by atoms with Crippen LogP contribution >= 0.6 is 0 Å².